The molecule has 0 saturated carbocycles. The first kappa shape index (κ1) is 21.6. The molecule has 0 radical (unpaired) electrons. The standard InChI is InChI=1S/C21H22N4O6/c1-28-15-11-14(12-16(29-2)17(15)30-3)19(26)22-9-10-23-20(27)21-24-18(25-31-21)13-7-5-4-6-8-13/h4-8,11-12H,9-10H2,1-3H3,(H,22,26)(H,23,27). The van der Waals surface area contributed by atoms with E-state index in [2.05, 4.69) is 20.8 Å². The predicted octanol–water partition coefficient (Wildman–Crippen LogP) is 1.92. The topological polar surface area (TPSA) is 125 Å². The van der Waals surface area contributed by atoms with Gasteiger partial charge in [0.25, 0.3) is 5.91 Å². The summed E-state index contributed by atoms with van der Waals surface area (Å²) in [5.74, 6) is 0.394. The Morgan fingerprint density at radius 3 is 2.10 bits per heavy atom. The molecule has 162 valence electrons. The maximum absolute atomic E-state index is 12.4. The molecule has 10 nitrogen and oxygen atoms in total. The van der Waals surface area contributed by atoms with Crippen LogP contribution in [0.2, 0.25) is 0 Å². The molecule has 1 aromatic heterocycles. The molecule has 31 heavy (non-hydrogen) atoms. The van der Waals surface area contributed by atoms with E-state index in [4.69, 9.17) is 18.7 Å². The summed E-state index contributed by atoms with van der Waals surface area (Å²) >= 11 is 0. The maximum atomic E-state index is 12.4. The molecule has 2 aromatic carbocycles. The van der Waals surface area contributed by atoms with Gasteiger partial charge >= 0.3 is 11.8 Å². The van der Waals surface area contributed by atoms with E-state index in [0.29, 0.717) is 28.6 Å². The van der Waals surface area contributed by atoms with Gasteiger partial charge in [0.1, 0.15) is 0 Å². The first-order valence-electron chi connectivity index (χ1n) is 9.33. The van der Waals surface area contributed by atoms with Crippen LogP contribution in [0.3, 0.4) is 0 Å². The number of benzene rings is 2. The highest BCUT2D eigenvalue weighted by molar-refractivity contribution is 5.95. The Balaban J connectivity index is 1.53. The number of nitrogens with zero attached hydrogens (tertiary/aromatic N) is 2. The Labute approximate surface area is 178 Å². The molecule has 3 rings (SSSR count). The van der Waals surface area contributed by atoms with Gasteiger partial charge < -0.3 is 29.4 Å². The van der Waals surface area contributed by atoms with Crippen molar-refractivity contribution < 1.29 is 28.3 Å². The van der Waals surface area contributed by atoms with E-state index in [1.807, 2.05) is 30.3 Å². The van der Waals surface area contributed by atoms with E-state index < -0.39 is 5.91 Å². The fourth-order valence-corrected chi connectivity index (χ4v) is 2.76. The zero-order chi connectivity index (χ0) is 22.2. The molecule has 0 atom stereocenters. The highest BCUT2D eigenvalue weighted by Crippen LogP contribution is 2.38. The lowest BCUT2D eigenvalue weighted by Gasteiger charge is -2.14. The Hall–Kier alpha value is -4.08. The molecule has 0 aliphatic carbocycles. The minimum Gasteiger partial charge on any atom is -0.493 e. The van der Waals surface area contributed by atoms with Gasteiger partial charge in [0.05, 0.1) is 21.3 Å². The Bertz CT molecular complexity index is 1030. The van der Waals surface area contributed by atoms with Gasteiger partial charge in [-0.25, -0.2) is 0 Å². The monoisotopic (exact) mass is 426 g/mol. The van der Waals surface area contributed by atoms with Crippen LogP contribution in [-0.2, 0) is 0 Å². The number of ether oxygens (including phenoxy) is 3. The van der Waals surface area contributed by atoms with Crippen molar-refractivity contribution in [1.29, 1.82) is 0 Å². The van der Waals surface area contributed by atoms with Crippen molar-refractivity contribution in [3.8, 4) is 28.6 Å². The summed E-state index contributed by atoms with van der Waals surface area (Å²) in [6.45, 7) is 0.346. The lowest BCUT2D eigenvalue weighted by Crippen LogP contribution is -2.34. The predicted molar refractivity (Wildman–Crippen MR) is 110 cm³/mol. The second-order valence-corrected chi connectivity index (χ2v) is 6.21. The van der Waals surface area contributed by atoms with Crippen LogP contribution in [0.15, 0.2) is 47.0 Å². The van der Waals surface area contributed by atoms with Crippen LogP contribution in [0, 0.1) is 0 Å². The molecule has 0 unspecified atom stereocenters. The van der Waals surface area contributed by atoms with Crippen molar-refractivity contribution in [2.24, 2.45) is 0 Å². The third kappa shape index (κ3) is 5.10. The van der Waals surface area contributed by atoms with Gasteiger partial charge in [-0.05, 0) is 12.1 Å². The highest BCUT2D eigenvalue weighted by atomic mass is 16.5. The van der Waals surface area contributed by atoms with Crippen LogP contribution < -0.4 is 24.8 Å². The molecule has 0 spiro atoms. The van der Waals surface area contributed by atoms with Crippen molar-refractivity contribution in [2.75, 3.05) is 34.4 Å². The van der Waals surface area contributed by atoms with Crippen molar-refractivity contribution in [3.63, 3.8) is 0 Å². The molecule has 0 saturated heterocycles. The lowest BCUT2D eigenvalue weighted by atomic mass is 10.1. The first-order chi connectivity index (χ1) is 15.1. The van der Waals surface area contributed by atoms with Crippen molar-refractivity contribution in [3.05, 3.63) is 53.9 Å². The van der Waals surface area contributed by atoms with Crippen molar-refractivity contribution in [2.45, 2.75) is 0 Å². The van der Waals surface area contributed by atoms with Gasteiger partial charge in [-0.3, -0.25) is 9.59 Å². The van der Waals surface area contributed by atoms with Gasteiger partial charge in [0.2, 0.25) is 11.6 Å². The Kier molecular flexibility index (Phi) is 7.05. The number of amides is 2. The molecular weight excluding hydrogens is 404 g/mol. The summed E-state index contributed by atoms with van der Waals surface area (Å²) in [5, 5.41) is 9.12. The molecular formula is C21H22N4O6. The third-order valence-corrected chi connectivity index (χ3v) is 4.28. The van der Waals surface area contributed by atoms with E-state index in [0.717, 1.165) is 5.56 Å². The Morgan fingerprint density at radius 1 is 0.903 bits per heavy atom. The molecule has 3 aromatic rings. The number of nitrogens with one attached hydrogen (secondary N) is 2. The van der Waals surface area contributed by atoms with Crippen molar-refractivity contribution in [1.82, 2.24) is 20.8 Å². The number of rotatable bonds is 9. The fraction of sp³-hybridized carbons (Fsp3) is 0.238. The third-order valence-electron chi connectivity index (χ3n) is 4.28. The summed E-state index contributed by atoms with van der Waals surface area (Å²) in [4.78, 5) is 28.7. The molecule has 10 heteroatoms. The number of carbonyl (C=O) groups is 2. The average molecular weight is 426 g/mol. The number of carbonyl (C=O) groups excluding carboxylic acids is 2. The van der Waals surface area contributed by atoms with E-state index in [1.165, 1.54) is 21.3 Å². The first-order valence-corrected chi connectivity index (χ1v) is 9.33. The normalized spacial score (nSPS) is 10.3. The van der Waals surface area contributed by atoms with E-state index in [-0.39, 0.29) is 24.9 Å². The second kappa shape index (κ2) is 10.1. The SMILES string of the molecule is COc1cc(C(=O)NCCNC(=O)c2nc(-c3ccccc3)no2)cc(OC)c1OC. The minimum atomic E-state index is -0.531. The molecule has 2 amide bonds. The summed E-state index contributed by atoms with van der Waals surface area (Å²) in [7, 11) is 4.42. The number of hydrogen-bond donors (Lipinski definition) is 2. The van der Waals surface area contributed by atoms with Crippen LogP contribution >= 0.6 is 0 Å². The van der Waals surface area contributed by atoms with Gasteiger partial charge in [-0.1, -0.05) is 35.5 Å². The van der Waals surface area contributed by atoms with Crippen LogP contribution in [0.4, 0.5) is 0 Å². The van der Waals surface area contributed by atoms with Crippen LogP contribution in [0.25, 0.3) is 11.4 Å². The zero-order valence-corrected chi connectivity index (χ0v) is 17.3. The zero-order valence-electron chi connectivity index (χ0n) is 17.3. The molecule has 0 bridgehead atoms. The number of methoxy groups -OCH3 is 3. The van der Waals surface area contributed by atoms with Crippen LogP contribution in [0.1, 0.15) is 21.0 Å². The van der Waals surface area contributed by atoms with Gasteiger partial charge in [-0.15, -0.1) is 0 Å². The van der Waals surface area contributed by atoms with Gasteiger partial charge in [0.15, 0.2) is 11.5 Å². The smallest absolute Gasteiger partial charge is 0.316 e. The molecule has 0 fully saturated rings. The molecule has 2 N–H and O–H groups in total. The van der Waals surface area contributed by atoms with Gasteiger partial charge in [0, 0.05) is 24.2 Å². The van der Waals surface area contributed by atoms with E-state index >= 15 is 0 Å². The van der Waals surface area contributed by atoms with Crippen LogP contribution in [0.5, 0.6) is 17.2 Å². The van der Waals surface area contributed by atoms with Crippen LogP contribution in [-0.4, -0.2) is 56.4 Å². The van der Waals surface area contributed by atoms with Crippen molar-refractivity contribution >= 4 is 11.8 Å². The molecule has 0 aliphatic heterocycles. The summed E-state index contributed by atoms with van der Waals surface area (Å²) < 4.78 is 20.7. The fourth-order valence-electron chi connectivity index (χ4n) is 2.76. The number of hydrogen-bond acceptors (Lipinski definition) is 8. The minimum absolute atomic E-state index is 0.158. The number of aromatic nitrogens is 2. The maximum Gasteiger partial charge on any atom is 0.316 e. The Morgan fingerprint density at radius 2 is 1.52 bits per heavy atom. The van der Waals surface area contributed by atoms with E-state index in [9.17, 15) is 9.59 Å². The summed E-state index contributed by atoms with van der Waals surface area (Å²) in [5.41, 5.74) is 1.06. The van der Waals surface area contributed by atoms with Gasteiger partial charge in [-0.2, -0.15) is 4.98 Å². The largest absolute Gasteiger partial charge is 0.493 e. The molecule has 1 heterocycles. The second-order valence-electron chi connectivity index (χ2n) is 6.21. The highest BCUT2D eigenvalue weighted by Gasteiger charge is 2.18. The van der Waals surface area contributed by atoms with E-state index in [1.54, 1.807) is 12.1 Å². The summed E-state index contributed by atoms with van der Waals surface area (Å²) in [6.07, 6.45) is 0. The average Bonchev–Trinajstić information content (AvgIpc) is 3.31. The molecule has 0 aliphatic rings. The summed E-state index contributed by atoms with van der Waals surface area (Å²) in [6, 6.07) is 12.2. The quantitative estimate of drug-likeness (QED) is 0.497. The lowest BCUT2D eigenvalue weighted by molar-refractivity contribution is 0.0898.